The van der Waals surface area contributed by atoms with Crippen molar-refractivity contribution in [2.75, 3.05) is 13.1 Å². The number of piperidine rings is 1. The summed E-state index contributed by atoms with van der Waals surface area (Å²) in [5, 5.41) is 0. The van der Waals surface area contributed by atoms with Crippen LogP contribution in [-0.4, -0.2) is 36.0 Å². The monoisotopic (exact) mass is 293 g/mol. The van der Waals surface area contributed by atoms with Crippen molar-refractivity contribution in [3.05, 3.63) is 35.9 Å². The smallest absolute Gasteiger partial charge is 0.410 e. The highest BCUT2D eigenvalue weighted by atomic mass is 19.1. The third-order valence-corrected chi connectivity index (χ3v) is 3.67. The zero-order valence-corrected chi connectivity index (χ0v) is 12.1. The van der Waals surface area contributed by atoms with Crippen molar-refractivity contribution >= 4 is 11.9 Å². The molecule has 1 amide bonds. The Labute approximate surface area is 123 Å². The van der Waals surface area contributed by atoms with Crippen LogP contribution >= 0.6 is 0 Å². The lowest BCUT2D eigenvalue weighted by Gasteiger charge is -2.33. The predicted octanol–water partition coefficient (Wildman–Crippen LogP) is 2.96. The lowest BCUT2D eigenvalue weighted by molar-refractivity contribution is -0.124. The topological polar surface area (TPSA) is 46.6 Å². The van der Waals surface area contributed by atoms with Gasteiger partial charge in [0.1, 0.15) is 18.6 Å². The van der Waals surface area contributed by atoms with E-state index in [0.29, 0.717) is 6.42 Å². The Morgan fingerprint density at radius 1 is 1.29 bits per heavy atom. The summed E-state index contributed by atoms with van der Waals surface area (Å²) in [5.41, 5.74) is 0.876. The van der Waals surface area contributed by atoms with Gasteiger partial charge in [0.05, 0.1) is 6.54 Å². The number of benzene rings is 1. The maximum Gasteiger partial charge on any atom is 0.410 e. The van der Waals surface area contributed by atoms with Gasteiger partial charge in [0, 0.05) is 18.9 Å². The first kappa shape index (κ1) is 15.5. The van der Waals surface area contributed by atoms with E-state index in [1.165, 1.54) is 4.90 Å². The van der Waals surface area contributed by atoms with Crippen molar-refractivity contribution in [2.45, 2.75) is 32.5 Å². The number of rotatable bonds is 4. The molecule has 1 fully saturated rings. The van der Waals surface area contributed by atoms with Gasteiger partial charge in [0.25, 0.3) is 0 Å². The number of hydrogen-bond donors (Lipinski definition) is 0. The Hall–Kier alpha value is -1.91. The van der Waals surface area contributed by atoms with E-state index in [9.17, 15) is 14.0 Å². The summed E-state index contributed by atoms with van der Waals surface area (Å²) in [5.74, 6) is -0.416. The fourth-order valence-electron chi connectivity index (χ4n) is 2.52. The highest BCUT2D eigenvalue weighted by molar-refractivity contribution is 5.81. The quantitative estimate of drug-likeness (QED) is 0.857. The highest BCUT2D eigenvalue weighted by Gasteiger charge is 2.33. The second-order valence-corrected chi connectivity index (χ2v) is 5.29. The Morgan fingerprint density at radius 3 is 2.67 bits per heavy atom. The van der Waals surface area contributed by atoms with Crippen LogP contribution in [0.3, 0.4) is 0 Å². The first-order chi connectivity index (χ1) is 10.1. The summed E-state index contributed by atoms with van der Waals surface area (Å²) in [6, 6.07) is 9.30. The third-order valence-electron chi connectivity index (χ3n) is 3.67. The lowest BCUT2D eigenvalue weighted by atomic mass is 9.92. The van der Waals surface area contributed by atoms with Crippen LogP contribution < -0.4 is 0 Å². The maximum absolute atomic E-state index is 13.7. The first-order valence-corrected chi connectivity index (χ1v) is 7.22. The molecule has 2 rings (SSSR count). The number of ketones is 1. The Balaban J connectivity index is 1.90. The van der Waals surface area contributed by atoms with Gasteiger partial charge >= 0.3 is 6.09 Å². The fourth-order valence-corrected chi connectivity index (χ4v) is 2.52. The molecule has 5 heteroatoms. The molecule has 0 spiro atoms. The summed E-state index contributed by atoms with van der Waals surface area (Å²) in [6.07, 6.45) is -1.15. The number of halogens is 1. The number of amides is 1. The van der Waals surface area contributed by atoms with Crippen LogP contribution in [0.4, 0.5) is 9.18 Å². The summed E-state index contributed by atoms with van der Waals surface area (Å²) < 4.78 is 18.9. The van der Waals surface area contributed by atoms with Gasteiger partial charge in [-0.2, -0.15) is 0 Å². The van der Waals surface area contributed by atoms with Crippen LogP contribution in [-0.2, 0) is 16.1 Å². The number of alkyl halides is 1. The number of ether oxygens (including phenoxy) is 1. The Kier molecular flexibility index (Phi) is 5.31. The molecule has 0 radical (unpaired) electrons. The summed E-state index contributed by atoms with van der Waals surface area (Å²) in [4.78, 5) is 25.0. The zero-order valence-electron chi connectivity index (χ0n) is 12.1. The maximum atomic E-state index is 13.7. The average Bonchev–Trinajstić information content (AvgIpc) is 2.52. The van der Waals surface area contributed by atoms with Gasteiger partial charge < -0.3 is 9.64 Å². The third kappa shape index (κ3) is 4.28. The minimum atomic E-state index is -1.16. The van der Waals surface area contributed by atoms with Crippen LogP contribution in [0.2, 0.25) is 0 Å². The molecule has 2 atom stereocenters. The summed E-state index contributed by atoms with van der Waals surface area (Å²) in [7, 11) is 0. The van der Waals surface area contributed by atoms with Crippen molar-refractivity contribution in [1.82, 2.24) is 4.90 Å². The number of Topliss-reactive ketones (excluding diaryl/α,β-unsaturated/α-hetero) is 1. The van der Waals surface area contributed by atoms with Gasteiger partial charge in [-0.3, -0.25) is 4.79 Å². The number of carbonyl (C=O) groups is 2. The average molecular weight is 293 g/mol. The van der Waals surface area contributed by atoms with Crippen molar-refractivity contribution < 1.29 is 18.7 Å². The molecule has 4 nitrogen and oxygen atoms in total. The van der Waals surface area contributed by atoms with E-state index in [-0.39, 0.29) is 31.9 Å². The number of carbonyl (C=O) groups excluding carboxylic acids is 2. The lowest BCUT2D eigenvalue weighted by Crippen LogP contribution is -2.47. The van der Waals surface area contributed by atoms with Crippen molar-refractivity contribution in [2.24, 2.45) is 5.92 Å². The zero-order chi connectivity index (χ0) is 15.2. The van der Waals surface area contributed by atoms with Crippen LogP contribution in [0.5, 0.6) is 0 Å². The molecule has 1 aromatic rings. The number of nitrogens with zero attached hydrogens (tertiary/aromatic N) is 1. The Bertz CT molecular complexity index is 492. The molecule has 1 saturated heterocycles. The van der Waals surface area contributed by atoms with Gasteiger partial charge in [0.2, 0.25) is 0 Å². The minimum absolute atomic E-state index is 0.00111. The molecule has 1 aromatic carbocycles. The van der Waals surface area contributed by atoms with Gasteiger partial charge in [-0.1, -0.05) is 37.3 Å². The molecule has 0 N–H and O–H groups in total. The molecular weight excluding hydrogens is 273 g/mol. The van der Waals surface area contributed by atoms with E-state index in [0.717, 1.165) is 5.56 Å². The predicted molar refractivity (Wildman–Crippen MR) is 76.5 cm³/mol. The molecule has 21 heavy (non-hydrogen) atoms. The molecule has 114 valence electrons. The first-order valence-electron chi connectivity index (χ1n) is 7.22. The van der Waals surface area contributed by atoms with E-state index in [2.05, 4.69) is 0 Å². The number of hydrogen-bond acceptors (Lipinski definition) is 3. The normalized spacial score (nSPS) is 21.9. The van der Waals surface area contributed by atoms with Gasteiger partial charge in [0.15, 0.2) is 0 Å². The van der Waals surface area contributed by atoms with E-state index in [1.54, 1.807) is 6.92 Å². The molecule has 1 aliphatic heterocycles. The second-order valence-electron chi connectivity index (χ2n) is 5.29. The van der Waals surface area contributed by atoms with Gasteiger partial charge in [-0.05, 0) is 12.0 Å². The second kappa shape index (κ2) is 7.20. The standard InChI is InChI=1S/C16H20FNO3/c1-2-15(19)13-8-14(17)10-18(9-13)16(20)21-11-12-6-4-3-5-7-12/h3-7,13-14H,2,8-11H2,1H3. The molecule has 2 unspecified atom stereocenters. The number of likely N-dealkylation sites (tertiary alicyclic amines) is 1. The largest absolute Gasteiger partial charge is 0.445 e. The van der Waals surface area contributed by atoms with E-state index < -0.39 is 18.2 Å². The van der Waals surface area contributed by atoms with E-state index in [4.69, 9.17) is 4.74 Å². The van der Waals surface area contributed by atoms with Crippen molar-refractivity contribution in [3.8, 4) is 0 Å². The molecule has 1 heterocycles. The minimum Gasteiger partial charge on any atom is -0.445 e. The highest BCUT2D eigenvalue weighted by Crippen LogP contribution is 2.22. The van der Waals surface area contributed by atoms with E-state index >= 15 is 0 Å². The van der Waals surface area contributed by atoms with Crippen LogP contribution in [0.25, 0.3) is 0 Å². The van der Waals surface area contributed by atoms with Crippen LogP contribution in [0.15, 0.2) is 30.3 Å². The molecule has 0 aromatic heterocycles. The molecule has 1 aliphatic rings. The SMILES string of the molecule is CCC(=O)C1CC(F)CN(C(=O)OCc2ccccc2)C1. The van der Waals surface area contributed by atoms with Crippen LogP contribution in [0.1, 0.15) is 25.3 Å². The molecule has 0 bridgehead atoms. The van der Waals surface area contributed by atoms with Crippen LogP contribution in [0, 0.1) is 5.92 Å². The molecular formula is C16H20FNO3. The summed E-state index contributed by atoms with van der Waals surface area (Å²) in [6.45, 7) is 2.16. The van der Waals surface area contributed by atoms with Crippen molar-refractivity contribution in [1.29, 1.82) is 0 Å². The van der Waals surface area contributed by atoms with Gasteiger partial charge in [-0.25, -0.2) is 9.18 Å². The van der Waals surface area contributed by atoms with E-state index in [1.807, 2.05) is 30.3 Å². The molecule has 0 saturated carbocycles. The van der Waals surface area contributed by atoms with Crippen molar-refractivity contribution in [3.63, 3.8) is 0 Å². The summed E-state index contributed by atoms with van der Waals surface area (Å²) >= 11 is 0. The fraction of sp³-hybridized carbons (Fsp3) is 0.500. The van der Waals surface area contributed by atoms with Gasteiger partial charge in [-0.15, -0.1) is 0 Å². The Morgan fingerprint density at radius 2 is 2.00 bits per heavy atom. The molecule has 0 aliphatic carbocycles.